The molecule has 0 spiro atoms. The highest BCUT2D eigenvalue weighted by molar-refractivity contribution is 6.05. The highest BCUT2D eigenvalue weighted by Gasteiger charge is 2.17. The first kappa shape index (κ1) is 13.4. The van der Waals surface area contributed by atoms with Gasteiger partial charge < -0.3 is 5.32 Å². The number of aromatic amines is 2. The highest BCUT2D eigenvalue weighted by Crippen LogP contribution is 2.22. The van der Waals surface area contributed by atoms with Crippen LogP contribution in [0.5, 0.6) is 0 Å². The molecule has 2 aromatic heterocycles. The molecule has 1 amide bonds. The molecule has 0 fully saturated rings. The lowest BCUT2D eigenvalue weighted by atomic mass is 9.92. The minimum atomic E-state index is -0.190. The fraction of sp³-hybridized carbons (Fsp3) is 0.267. The first-order valence-corrected chi connectivity index (χ1v) is 6.74. The minimum absolute atomic E-state index is 0.0360. The van der Waals surface area contributed by atoms with Crippen molar-refractivity contribution < 1.29 is 4.79 Å². The van der Waals surface area contributed by atoms with E-state index in [0.29, 0.717) is 11.4 Å². The number of nitrogens with zero attached hydrogens (tertiary/aromatic N) is 2. The van der Waals surface area contributed by atoms with E-state index in [2.05, 4.69) is 46.5 Å². The molecule has 6 nitrogen and oxygen atoms in total. The van der Waals surface area contributed by atoms with E-state index in [1.807, 2.05) is 12.1 Å². The molecular weight excluding hydrogens is 266 g/mol. The fourth-order valence-electron chi connectivity index (χ4n) is 2.04. The number of carbonyl (C=O) groups excluding carboxylic acids is 1. The number of hydrogen-bond donors (Lipinski definition) is 3. The fourth-order valence-corrected chi connectivity index (χ4v) is 2.04. The van der Waals surface area contributed by atoms with E-state index in [4.69, 9.17) is 0 Å². The Bertz CT molecular complexity index is 794. The predicted molar refractivity (Wildman–Crippen MR) is 81.3 cm³/mol. The third kappa shape index (κ3) is 2.65. The van der Waals surface area contributed by atoms with Crippen LogP contribution in [0.2, 0.25) is 0 Å². The van der Waals surface area contributed by atoms with Crippen molar-refractivity contribution in [3.05, 3.63) is 41.7 Å². The van der Waals surface area contributed by atoms with Crippen LogP contribution in [0, 0.1) is 0 Å². The van der Waals surface area contributed by atoms with Gasteiger partial charge in [-0.3, -0.25) is 15.0 Å². The summed E-state index contributed by atoms with van der Waals surface area (Å²) in [7, 11) is 0. The Labute approximate surface area is 122 Å². The van der Waals surface area contributed by atoms with Gasteiger partial charge in [0.1, 0.15) is 0 Å². The van der Waals surface area contributed by atoms with E-state index in [1.165, 1.54) is 0 Å². The van der Waals surface area contributed by atoms with Gasteiger partial charge in [-0.15, -0.1) is 0 Å². The average molecular weight is 283 g/mol. The summed E-state index contributed by atoms with van der Waals surface area (Å²) >= 11 is 0. The summed E-state index contributed by atoms with van der Waals surface area (Å²) in [6, 6.07) is 7.25. The molecule has 3 N–H and O–H groups in total. The quantitative estimate of drug-likeness (QED) is 0.676. The molecule has 0 radical (unpaired) electrons. The van der Waals surface area contributed by atoms with Crippen LogP contribution in [0.4, 0.5) is 5.82 Å². The lowest BCUT2D eigenvalue weighted by molar-refractivity contribution is 0.102. The number of hydrogen-bond acceptors (Lipinski definition) is 3. The van der Waals surface area contributed by atoms with Gasteiger partial charge in [0.2, 0.25) is 0 Å². The predicted octanol–water partition coefficient (Wildman–Crippen LogP) is 2.84. The second-order valence-electron chi connectivity index (χ2n) is 6.04. The van der Waals surface area contributed by atoms with Crippen LogP contribution in [0.25, 0.3) is 10.9 Å². The molecule has 0 aliphatic heterocycles. The molecule has 108 valence electrons. The van der Waals surface area contributed by atoms with Gasteiger partial charge >= 0.3 is 0 Å². The van der Waals surface area contributed by atoms with Crippen LogP contribution in [-0.2, 0) is 5.41 Å². The van der Waals surface area contributed by atoms with Crippen molar-refractivity contribution >= 4 is 22.6 Å². The number of fused-ring (bicyclic) bond motifs is 1. The number of amides is 1. The van der Waals surface area contributed by atoms with Crippen LogP contribution in [-0.4, -0.2) is 26.3 Å². The van der Waals surface area contributed by atoms with Crippen LogP contribution in [0.1, 0.15) is 36.8 Å². The van der Waals surface area contributed by atoms with Gasteiger partial charge in [-0.05, 0) is 18.2 Å². The summed E-state index contributed by atoms with van der Waals surface area (Å²) in [5, 5.41) is 17.6. The molecule has 0 aliphatic rings. The van der Waals surface area contributed by atoms with Crippen LogP contribution in [0.15, 0.2) is 30.5 Å². The van der Waals surface area contributed by atoms with E-state index in [0.717, 1.165) is 16.6 Å². The Hall–Kier alpha value is -2.63. The molecule has 21 heavy (non-hydrogen) atoms. The molecule has 1 aromatic carbocycles. The summed E-state index contributed by atoms with van der Waals surface area (Å²) < 4.78 is 0. The summed E-state index contributed by atoms with van der Waals surface area (Å²) in [4.78, 5) is 12.2. The highest BCUT2D eigenvalue weighted by atomic mass is 16.1. The summed E-state index contributed by atoms with van der Waals surface area (Å²) in [6.07, 6.45) is 1.69. The molecule has 3 aromatic rings. The van der Waals surface area contributed by atoms with Crippen molar-refractivity contribution in [3.63, 3.8) is 0 Å². The van der Waals surface area contributed by atoms with Gasteiger partial charge in [-0.2, -0.15) is 10.2 Å². The van der Waals surface area contributed by atoms with E-state index in [1.54, 1.807) is 18.3 Å². The second-order valence-corrected chi connectivity index (χ2v) is 6.04. The van der Waals surface area contributed by atoms with Crippen LogP contribution in [0.3, 0.4) is 0 Å². The van der Waals surface area contributed by atoms with Crippen molar-refractivity contribution in [1.29, 1.82) is 0 Å². The SMILES string of the molecule is CC(C)(C)c1cc(NC(=O)c2ccc3[nH]ncc3c2)n[nH]1. The van der Waals surface area contributed by atoms with Crippen molar-refractivity contribution in [2.75, 3.05) is 5.32 Å². The maximum Gasteiger partial charge on any atom is 0.256 e. The third-order valence-electron chi connectivity index (χ3n) is 3.33. The Kier molecular flexibility index (Phi) is 3.01. The van der Waals surface area contributed by atoms with E-state index >= 15 is 0 Å². The maximum atomic E-state index is 12.2. The number of carbonyl (C=O) groups is 1. The smallest absolute Gasteiger partial charge is 0.256 e. The molecule has 0 aliphatic carbocycles. The zero-order valence-corrected chi connectivity index (χ0v) is 12.2. The molecule has 2 heterocycles. The molecule has 0 saturated carbocycles. The lowest BCUT2D eigenvalue weighted by Gasteiger charge is -2.14. The lowest BCUT2D eigenvalue weighted by Crippen LogP contribution is -2.12. The van der Waals surface area contributed by atoms with Crippen molar-refractivity contribution in [1.82, 2.24) is 20.4 Å². The molecule has 0 bridgehead atoms. The third-order valence-corrected chi connectivity index (χ3v) is 3.33. The number of H-pyrrole nitrogens is 2. The Morgan fingerprint density at radius 2 is 2.00 bits per heavy atom. The van der Waals surface area contributed by atoms with E-state index in [-0.39, 0.29) is 11.3 Å². The molecule has 0 unspecified atom stereocenters. The Balaban J connectivity index is 1.81. The summed E-state index contributed by atoms with van der Waals surface area (Å²) in [5.41, 5.74) is 2.42. The first-order chi connectivity index (χ1) is 9.93. The van der Waals surface area contributed by atoms with E-state index in [9.17, 15) is 4.79 Å². The summed E-state index contributed by atoms with van der Waals surface area (Å²) in [6.45, 7) is 6.25. The number of benzene rings is 1. The van der Waals surface area contributed by atoms with Crippen molar-refractivity contribution in [2.45, 2.75) is 26.2 Å². The molecular formula is C15H17N5O. The monoisotopic (exact) mass is 283 g/mol. The number of aromatic nitrogens is 4. The number of rotatable bonds is 2. The van der Waals surface area contributed by atoms with Crippen molar-refractivity contribution in [3.8, 4) is 0 Å². The number of nitrogens with one attached hydrogen (secondary N) is 3. The Morgan fingerprint density at radius 3 is 2.71 bits per heavy atom. The molecule has 6 heteroatoms. The zero-order valence-electron chi connectivity index (χ0n) is 12.2. The second kappa shape index (κ2) is 4.73. The van der Waals surface area contributed by atoms with Crippen molar-refractivity contribution in [2.24, 2.45) is 0 Å². The van der Waals surface area contributed by atoms with Crippen LogP contribution < -0.4 is 5.32 Å². The van der Waals surface area contributed by atoms with E-state index < -0.39 is 0 Å². The zero-order chi connectivity index (χ0) is 15.0. The van der Waals surface area contributed by atoms with Gasteiger partial charge in [0, 0.05) is 28.1 Å². The average Bonchev–Trinajstić information content (AvgIpc) is 3.04. The van der Waals surface area contributed by atoms with Gasteiger partial charge in [0.05, 0.1) is 11.7 Å². The van der Waals surface area contributed by atoms with Crippen LogP contribution >= 0.6 is 0 Å². The first-order valence-electron chi connectivity index (χ1n) is 6.74. The minimum Gasteiger partial charge on any atom is -0.305 e. The number of anilines is 1. The normalized spacial score (nSPS) is 11.8. The molecule has 0 saturated heterocycles. The topological polar surface area (TPSA) is 86.5 Å². The van der Waals surface area contributed by atoms with Gasteiger partial charge in [-0.25, -0.2) is 0 Å². The molecule has 3 rings (SSSR count). The summed E-state index contributed by atoms with van der Waals surface area (Å²) in [5.74, 6) is 0.335. The standard InChI is InChI=1S/C15H17N5O/c1-15(2,3)12-7-13(20-19-12)17-14(21)9-4-5-11-10(6-9)8-16-18-11/h4-8H,1-3H3,(H,16,18)(H2,17,19,20,21). The van der Waals surface area contributed by atoms with Gasteiger partial charge in [-0.1, -0.05) is 20.8 Å². The largest absolute Gasteiger partial charge is 0.305 e. The maximum absolute atomic E-state index is 12.2. The van der Waals surface area contributed by atoms with Gasteiger partial charge in [0.15, 0.2) is 5.82 Å². The molecule has 0 atom stereocenters. The van der Waals surface area contributed by atoms with Gasteiger partial charge in [0.25, 0.3) is 5.91 Å². The Morgan fingerprint density at radius 1 is 1.19 bits per heavy atom.